The molecule has 0 radical (unpaired) electrons. The second-order valence-electron chi connectivity index (χ2n) is 16.9. The van der Waals surface area contributed by atoms with Gasteiger partial charge in [-0.1, -0.05) is 145 Å². The van der Waals surface area contributed by atoms with Crippen molar-refractivity contribution in [2.45, 2.75) is 104 Å². The second-order valence-corrected chi connectivity index (χ2v) is 16.9. The summed E-state index contributed by atoms with van der Waals surface area (Å²) in [6, 6.07) is 39.1. The molecule has 4 aliphatic carbocycles. The number of para-hydroxylation sites is 2. The zero-order valence-electron chi connectivity index (χ0n) is 34.4. The van der Waals surface area contributed by atoms with E-state index in [0.717, 1.165) is 12.8 Å². The van der Waals surface area contributed by atoms with Gasteiger partial charge in [0.05, 0.1) is 11.6 Å². The Morgan fingerprint density at radius 2 is 1.30 bits per heavy atom. The molecular formula is C54H56N2. The zero-order valence-corrected chi connectivity index (χ0v) is 34.4. The monoisotopic (exact) mass is 732 g/mol. The van der Waals surface area contributed by atoms with Crippen molar-refractivity contribution >= 4 is 40.0 Å². The highest BCUT2D eigenvalue weighted by Crippen LogP contribution is 2.52. The van der Waals surface area contributed by atoms with Gasteiger partial charge in [-0.15, -0.1) is 0 Å². The molecule has 2 heteroatoms. The van der Waals surface area contributed by atoms with Crippen molar-refractivity contribution in [1.82, 2.24) is 9.13 Å². The number of fused-ring (bicyclic) bond motifs is 9. The van der Waals surface area contributed by atoms with E-state index >= 15 is 0 Å². The summed E-state index contributed by atoms with van der Waals surface area (Å²) in [5, 5.41) is 5.39. The molecule has 5 aromatic carbocycles. The Hall–Kier alpha value is -5.34. The summed E-state index contributed by atoms with van der Waals surface area (Å²) in [5.74, 6) is 0.517. The first-order chi connectivity index (χ1) is 27.3. The first kappa shape index (κ1) is 36.3. The van der Waals surface area contributed by atoms with E-state index in [0.29, 0.717) is 5.92 Å². The molecular weight excluding hydrogens is 677 g/mol. The summed E-state index contributed by atoms with van der Waals surface area (Å²) < 4.78 is 5.15. The van der Waals surface area contributed by atoms with Crippen LogP contribution in [0.3, 0.4) is 0 Å². The molecule has 2 atom stereocenters. The van der Waals surface area contributed by atoms with Crippen molar-refractivity contribution in [2.24, 2.45) is 0 Å². The van der Waals surface area contributed by atoms with Crippen LogP contribution in [-0.2, 0) is 5.41 Å². The minimum atomic E-state index is -0.109. The molecule has 0 aliphatic heterocycles. The van der Waals surface area contributed by atoms with Gasteiger partial charge in [0.25, 0.3) is 0 Å². The molecule has 7 aromatic rings. The Kier molecular flexibility index (Phi) is 9.28. The maximum absolute atomic E-state index is 2.63. The van der Waals surface area contributed by atoms with Crippen molar-refractivity contribution in [3.05, 3.63) is 153 Å². The van der Waals surface area contributed by atoms with Gasteiger partial charge in [-0.3, -0.25) is 0 Å². The van der Waals surface area contributed by atoms with Crippen molar-refractivity contribution < 1.29 is 0 Å². The quantitative estimate of drug-likeness (QED) is 0.171. The van der Waals surface area contributed by atoms with Crippen LogP contribution in [0, 0.1) is 13.8 Å². The van der Waals surface area contributed by atoms with Gasteiger partial charge in [0.15, 0.2) is 0 Å². The number of hydrogen-bond acceptors (Lipinski definition) is 0. The van der Waals surface area contributed by atoms with Crippen LogP contribution in [0.1, 0.15) is 119 Å². The van der Waals surface area contributed by atoms with Crippen LogP contribution in [0.15, 0.2) is 109 Å². The Labute approximate surface area is 333 Å². The average Bonchev–Trinajstić information content (AvgIpc) is 3.77. The smallest absolute Gasteiger partial charge is 0.0567 e. The minimum absolute atomic E-state index is 0.109. The van der Waals surface area contributed by atoms with Gasteiger partial charge >= 0.3 is 0 Å². The summed E-state index contributed by atoms with van der Waals surface area (Å²) in [5.41, 5.74) is 17.5. The zero-order chi connectivity index (χ0) is 38.7. The van der Waals surface area contributed by atoms with E-state index < -0.39 is 0 Å². The lowest BCUT2D eigenvalue weighted by molar-refractivity contribution is 0.504. The predicted octanol–water partition coefficient (Wildman–Crippen LogP) is 13.5. The van der Waals surface area contributed by atoms with E-state index in [9.17, 15) is 0 Å². The lowest BCUT2D eigenvalue weighted by Gasteiger charge is -2.23. The van der Waals surface area contributed by atoms with Gasteiger partial charge in [-0.2, -0.15) is 0 Å². The number of nitrogens with zero attached hydrogens (tertiary/aromatic N) is 2. The Bertz CT molecular complexity index is 2780. The number of aromatic nitrogens is 2. The van der Waals surface area contributed by atoms with Crippen LogP contribution in [-0.4, -0.2) is 9.13 Å². The highest BCUT2D eigenvalue weighted by Gasteiger charge is 2.37. The van der Waals surface area contributed by atoms with Gasteiger partial charge in [0.2, 0.25) is 0 Å². The molecule has 2 nitrogen and oxygen atoms in total. The summed E-state index contributed by atoms with van der Waals surface area (Å²) >= 11 is 0. The molecule has 0 N–H and O–H groups in total. The van der Waals surface area contributed by atoms with E-state index in [1.165, 1.54) is 120 Å². The number of allylic oxidation sites excluding steroid dienone is 1. The first-order valence-corrected chi connectivity index (χ1v) is 21.3. The van der Waals surface area contributed by atoms with Crippen LogP contribution < -0.4 is 10.6 Å². The third-order valence-electron chi connectivity index (χ3n) is 13.1. The van der Waals surface area contributed by atoms with Crippen molar-refractivity contribution in [3.63, 3.8) is 0 Å². The largest absolute Gasteiger partial charge is 0.333 e. The first-order valence-electron chi connectivity index (χ1n) is 21.3. The summed E-state index contributed by atoms with van der Waals surface area (Å²) in [6.45, 7) is 15.7. The fourth-order valence-corrected chi connectivity index (χ4v) is 9.89. The molecule has 0 spiro atoms. The van der Waals surface area contributed by atoms with Gasteiger partial charge in [0.1, 0.15) is 0 Å². The molecule has 56 heavy (non-hydrogen) atoms. The number of rotatable bonds is 3. The third-order valence-corrected chi connectivity index (χ3v) is 13.1. The highest BCUT2D eigenvalue weighted by atomic mass is 15.0. The molecule has 0 amide bonds. The average molecular weight is 733 g/mol. The Morgan fingerprint density at radius 1 is 0.625 bits per heavy atom. The van der Waals surface area contributed by atoms with Crippen molar-refractivity contribution in [1.29, 1.82) is 0 Å². The normalized spacial score (nSPS) is 18.2. The number of aryl methyl sites for hydroxylation is 2. The number of benzene rings is 5. The van der Waals surface area contributed by atoms with Crippen molar-refractivity contribution in [2.75, 3.05) is 0 Å². The fourth-order valence-electron chi connectivity index (χ4n) is 9.89. The maximum atomic E-state index is 2.63. The summed E-state index contributed by atoms with van der Waals surface area (Å²) in [4.78, 5) is 0. The summed E-state index contributed by atoms with van der Waals surface area (Å²) in [7, 11) is 0. The third kappa shape index (κ3) is 5.67. The van der Waals surface area contributed by atoms with Crippen LogP contribution in [0.25, 0.3) is 68.0 Å². The predicted molar refractivity (Wildman–Crippen MR) is 241 cm³/mol. The minimum Gasteiger partial charge on any atom is -0.333 e. The lowest BCUT2D eigenvalue weighted by Crippen LogP contribution is -2.33. The molecule has 1 saturated carbocycles. The molecule has 282 valence electrons. The van der Waals surface area contributed by atoms with Gasteiger partial charge in [0, 0.05) is 43.7 Å². The summed E-state index contributed by atoms with van der Waals surface area (Å²) in [6.07, 6.45) is 17.9. The van der Waals surface area contributed by atoms with Crippen LogP contribution >= 0.6 is 0 Å². The lowest BCUT2D eigenvalue weighted by atomic mass is 9.81. The molecule has 4 aliphatic rings. The maximum Gasteiger partial charge on any atom is 0.0567 e. The molecule has 1 fully saturated rings. The number of hydrogen-bond donors (Lipinski definition) is 0. The Morgan fingerprint density at radius 3 is 2.05 bits per heavy atom. The van der Waals surface area contributed by atoms with E-state index in [-0.39, 0.29) is 11.5 Å². The Balaban J connectivity index is 0.000000635. The molecule has 0 saturated heterocycles. The van der Waals surface area contributed by atoms with E-state index in [2.05, 4.69) is 171 Å². The topological polar surface area (TPSA) is 9.86 Å². The fraction of sp³-hybridized carbons (Fsp3) is 0.296. The highest BCUT2D eigenvalue weighted by molar-refractivity contribution is 5.96. The molecule has 0 bridgehead atoms. The second kappa shape index (κ2) is 14.3. The van der Waals surface area contributed by atoms with Gasteiger partial charge in [-0.05, 0) is 125 Å². The van der Waals surface area contributed by atoms with E-state index in [1.54, 1.807) is 0 Å². The standard InChI is InChI=1S/C48H42N2.C4H8.C2H6/c1-29-14-9-10-18-34(29)36-26-37-38-27-40-39-25-33(50-43-20-12-11-19-35(43)47-30(2)15-13-21-45(47)50)22-23-44(39)49(32-16-7-6-8-17-32)46(40)28-42(38)48(4,5)41(37)24-31(36)3;1-2-4-3-1;1-2/h6-14,16-21,23-28,30,33H,15,22H2,1-5H3;1-4H2;1-2H3. The van der Waals surface area contributed by atoms with Crippen LogP contribution in [0.4, 0.5) is 0 Å². The molecule has 2 unspecified atom stereocenters. The van der Waals surface area contributed by atoms with Crippen LogP contribution in [0.2, 0.25) is 0 Å². The molecule has 2 heterocycles. The molecule has 2 aromatic heterocycles. The molecule has 11 rings (SSSR count). The van der Waals surface area contributed by atoms with Crippen molar-refractivity contribution in [3.8, 4) is 27.9 Å². The van der Waals surface area contributed by atoms with Gasteiger partial charge in [-0.25, -0.2) is 0 Å². The van der Waals surface area contributed by atoms with E-state index in [1.807, 2.05) is 13.8 Å². The van der Waals surface area contributed by atoms with E-state index in [4.69, 9.17) is 0 Å². The SMILES string of the molecule is C1CCC1.CC.Cc1ccccc1-c1cc2c(cc1C)C(C)(C)c1cc3c(cc1-2)c1c(n3-c2ccccc2)=CCC(n2c3c(c4ccccc42)C(C)CC=C3)C=1. The van der Waals surface area contributed by atoms with Crippen LogP contribution in [0.5, 0.6) is 0 Å². The van der Waals surface area contributed by atoms with Gasteiger partial charge < -0.3 is 9.13 Å².